The van der Waals surface area contributed by atoms with Crippen molar-refractivity contribution in [3.63, 3.8) is 0 Å². The normalized spacial score (nSPS) is 10.4. The second-order valence-corrected chi connectivity index (χ2v) is 4.48. The van der Waals surface area contributed by atoms with Gasteiger partial charge >= 0.3 is 0 Å². The molecular formula is C11H19N3OS. The van der Waals surface area contributed by atoms with Gasteiger partial charge < -0.3 is 9.88 Å². The molecule has 90 valence electrons. The van der Waals surface area contributed by atoms with Crippen LogP contribution in [0.5, 0.6) is 0 Å². The highest BCUT2D eigenvalue weighted by atomic mass is 32.2. The molecule has 0 spiro atoms. The summed E-state index contributed by atoms with van der Waals surface area (Å²) >= 11 is 1.85. The molecule has 0 radical (unpaired) electrons. The van der Waals surface area contributed by atoms with Crippen molar-refractivity contribution < 1.29 is 0 Å². The summed E-state index contributed by atoms with van der Waals surface area (Å²) < 4.78 is 1.65. The minimum Gasteiger partial charge on any atom is -0.365 e. The fraction of sp³-hybridized carbons (Fsp3) is 0.636. The Labute approximate surface area is 100 Å². The van der Waals surface area contributed by atoms with E-state index in [1.54, 1.807) is 17.0 Å². The smallest absolute Gasteiger partial charge is 0.293 e. The van der Waals surface area contributed by atoms with Gasteiger partial charge in [-0.1, -0.05) is 0 Å². The third-order valence-electron chi connectivity index (χ3n) is 2.32. The first-order valence-electron chi connectivity index (χ1n) is 5.57. The number of aryl methyl sites for hydroxylation is 1. The van der Waals surface area contributed by atoms with E-state index in [1.165, 1.54) is 12.2 Å². The first kappa shape index (κ1) is 13.1. The molecule has 0 aliphatic rings. The van der Waals surface area contributed by atoms with Crippen LogP contribution in [0.25, 0.3) is 0 Å². The first-order chi connectivity index (χ1) is 7.79. The molecule has 1 aromatic heterocycles. The predicted octanol–water partition coefficient (Wildman–Crippen LogP) is 1.82. The van der Waals surface area contributed by atoms with Crippen molar-refractivity contribution in [1.82, 2.24) is 9.55 Å². The van der Waals surface area contributed by atoms with Gasteiger partial charge in [-0.25, -0.2) is 4.98 Å². The van der Waals surface area contributed by atoms with Gasteiger partial charge in [-0.05, 0) is 31.8 Å². The Bertz CT molecular complexity index is 364. The van der Waals surface area contributed by atoms with Gasteiger partial charge in [0.05, 0.1) is 0 Å². The molecule has 1 N–H and O–H groups in total. The number of hydrogen-bond donors (Lipinski definition) is 1. The SMILES string of the molecule is CCn1ccnc(NCCCCSC)c1=O. The van der Waals surface area contributed by atoms with Crippen molar-refractivity contribution >= 4 is 17.6 Å². The standard InChI is InChI=1S/C11H19N3OS/c1-3-14-8-7-13-10(11(14)15)12-6-4-5-9-16-2/h7-8H,3-6,9H2,1-2H3,(H,12,13). The monoisotopic (exact) mass is 241 g/mol. The lowest BCUT2D eigenvalue weighted by Gasteiger charge is -2.06. The van der Waals surface area contributed by atoms with Crippen molar-refractivity contribution in [1.29, 1.82) is 0 Å². The molecule has 1 aromatic rings. The second-order valence-electron chi connectivity index (χ2n) is 3.49. The molecule has 0 bridgehead atoms. The lowest BCUT2D eigenvalue weighted by atomic mass is 10.3. The highest BCUT2D eigenvalue weighted by Crippen LogP contribution is 2.00. The van der Waals surface area contributed by atoms with Gasteiger partial charge in [0.2, 0.25) is 0 Å². The maximum absolute atomic E-state index is 11.8. The first-order valence-corrected chi connectivity index (χ1v) is 6.97. The van der Waals surface area contributed by atoms with E-state index in [-0.39, 0.29) is 5.56 Å². The average Bonchev–Trinajstić information content (AvgIpc) is 2.31. The zero-order valence-corrected chi connectivity index (χ0v) is 10.7. The van der Waals surface area contributed by atoms with Crippen LogP contribution in [0.4, 0.5) is 5.82 Å². The van der Waals surface area contributed by atoms with E-state index in [1.807, 2.05) is 18.7 Å². The van der Waals surface area contributed by atoms with Crippen molar-refractivity contribution in [2.75, 3.05) is 23.9 Å². The summed E-state index contributed by atoms with van der Waals surface area (Å²) in [6.07, 6.45) is 7.72. The van der Waals surface area contributed by atoms with E-state index in [2.05, 4.69) is 16.6 Å². The van der Waals surface area contributed by atoms with Crippen LogP contribution in [-0.4, -0.2) is 28.1 Å². The van der Waals surface area contributed by atoms with Crippen LogP contribution >= 0.6 is 11.8 Å². The van der Waals surface area contributed by atoms with Gasteiger partial charge in [0, 0.05) is 25.5 Å². The third kappa shape index (κ3) is 3.89. The Morgan fingerprint density at radius 2 is 2.31 bits per heavy atom. The maximum Gasteiger partial charge on any atom is 0.293 e. The third-order valence-corrected chi connectivity index (χ3v) is 3.02. The van der Waals surface area contributed by atoms with Crippen LogP contribution in [0, 0.1) is 0 Å². The number of anilines is 1. The fourth-order valence-electron chi connectivity index (χ4n) is 1.40. The lowest BCUT2D eigenvalue weighted by Crippen LogP contribution is -2.24. The van der Waals surface area contributed by atoms with Gasteiger partial charge in [-0.2, -0.15) is 11.8 Å². The average molecular weight is 241 g/mol. The molecule has 0 saturated heterocycles. The maximum atomic E-state index is 11.8. The summed E-state index contributed by atoms with van der Waals surface area (Å²) in [5.41, 5.74) is -0.0325. The Morgan fingerprint density at radius 3 is 3.00 bits per heavy atom. The van der Waals surface area contributed by atoms with Crippen LogP contribution in [0.15, 0.2) is 17.2 Å². The van der Waals surface area contributed by atoms with Crippen molar-refractivity contribution in [2.24, 2.45) is 0 Å². The minimum absolute atomic E-state index is 0.0325. The number of thioether (sulfide) groups is 1. The Hall–Kier alpha value is -0.970. The molecule has 0 unspecified atom stereocenters. The summed E-state index contributed by atoms with van der Waals surface area (Å²) in [7, 11) is 0. The molecule has 4 nitrogen and oxygen atoms in total. The molecule has 16 heavy (non-hydrogen) atoms. The van der Waals surface area contributed by atoms with E-state index >= 15 is 0 Å². The zero-order chi connectivity index (χ0) is 11.8. The van der Waals surface area contributed by atoms with Crippen molar-refractivity contribution in [3.8, 4) is 0 Å². The molecule has 0 aliphatic heterocycles. The van der Waals surface area contributed by atoms with E-state index in [9.17, 15) is 4.79 Å². The van der Waals surface area contributed by atoms with E-state index in [0.29, 0.717) is 12.4 Å². The van der Waals surface area contributed by atoms with Gasteiger partial charge in [0.15, 0.2) is 5.82 Å². The Morgan fingerprint density at radius 1 is 1.50 bits per heavy atom. The number of nitrogens with one attached hydrogen (secondary N) is 1. The highest BCUT2D eigenvalue weighted by molar-refractivity contribution is 7.98. The van der Waals surface area contributed by atoms with Crippen LogP contribution in [0.1, 0.15) is 19.8 Å². The molecular weight excluding hydrogens is 222 g/mol. The van der Waals surface area contributed by atoms with E-state index < -0.39 is 0 Å². The second kappa shape index (κ2) is 7.33. The van der Waals surface area contributed by atoms with Crippen molar-refractivity contribution in [2.45, 2.75) is 26.3 Å². The minimum atomic E-state index is -0.0325. The van der Waals surface area contributed by atoms with Crippen LogP contribution in [0.3, 0.4) is 0 Å². The number of hydrogen-bond acceptors (Lipinski definition) is 4. The van der Waals surface area contributed by atoms with Gasteiger partial charge in [0.1, 0.15) is 0 Å². The van der Waals surface area contributed by atoms with Crippen LogP contribution in [0.2, 0.25) is 0 Å². The fourth-order valence-corrected chi connectivity index (χ4v) is 1.89. The molecule has 0 atom stereocenters. The topological polar surface area (TPSA) is 46.9 Å². The summed E-state index contributed by atoms with van der Waals surface area (Å²) in [5.74, 6) is 1.64. The molecule has 0 amide bonds. The number of aromatic nitrogens is 2. The molecule has 0 saturated carbocycles. The number of unbranched alkanes of at least 4 members (excludes halogenated alkanes) is 1. The van der Waals surface area contributed by atoms with Gasteiger partial charge in [-0.3, -0.25) is 4.79 Å². The lowest BCUT2D eigenvalue weighted by molar-refractivity contribution is 0.716. The zero-order valence-electron chi connectivity index (χ0n) is 9.90. The summed E-state index contributed by atoms with van der Waals surface area (Å²) in [5, 5.41) is 3.09. The Balaban J connectivity index is 2.45. The molecule has 0 fully saturated rings. The van der Waals surface area contributed by atoms with Gasteiger partial charge in [-0.15, -0.1) is 0 Å². The van der Waals surface area contributed by atoms with Crippen LogP contribution in [-0.2, 0) is 6.54 Å². The Kier molecular flexibility index (Phi) is 6.00. The molecule has 0 aliphatic carbocycles. The van der Waals surface area contributed by atoms with Gasteiger partial charge in [0.25, 0.3) is 5.56 Å². The quantitative estimate of drug-likeness (QED) is 0.740. The van der Waals surface area contributed by atoms with E-state index in [0.717, 1.165) is 13.0 Å². The van der Waals surface area contributed by atoms with Crippen LogP contribution < -0.4 is 10.9 Å². The number of rotatable bonds is 7. The molecule has 5 heteroatoms. The molecule has 1 heterocycles. The van der Waals surface area contributed by atoms with Crippen molar-refractivity contribution in [3.05, 3.63) is 22.7 Å². The largest absolute Gasteiger partial charge is 0.365 e. The van der Waals surface area contributed by atoms with E-state index in [4.69, 9.17) is 0 Å². The number of nitrogens with zero attached hydrogens (tertiary/aromatic N) is 2. The summed E-state index contributed by atoms with van der Waals surface area (Å²) in [6.45, 7) is 3.45. The molecule has 0 aromatic carbocycles. The predicted molar refractivity (Wildman–Crippen MR) is 70.3 cm³/mol. The molecule has 1 rings (SSSR count). The summed E-state index contributed by atoms with van der Waals surface area (Å²) in [6, 6.07) is 0. The highest BCUT2D eigenvalue weighted by Gasteiger charge is 2.01. The summed E-state index contributed by atoms with van der Waals surface area (Å²) in [4.78, 5) is 15.8.